The van der Waals surface area contributed by atoms with Crippen LogP contribution in [0.4, 0.5) is 17.1 Å². The van der Waals surface area contributed by atoms with Crippen LogP contribution in [0.25, 0.3) is 21.9 Å². The van der Waals surface area contributed by atoms with E-state index in [0.717, 1.165) is 11.2 Å². The zero-order valence-corrected chi connectivity index (χ0v) is 26.0. The first kappa shape index (κ1) is 26.7. The Labute approximate surface area is 265 Å². The Morgan fingerprint density at radius 2 is 1.02 bits per heavy atom. The third-order valence-electron chi connectivity index (χ3n) is 10.7. The van der Waals surface area contributed by atoms with Crippen molar-refractivity contribution in [2.45, 2.75) is 44.3 Å². The second kappa shape index (κ2) is 9.20. The van der Waals surface area contributed by atoms with Crippen LogP contribution in [-0.2, 0) is 14.7 Å². The van der Waals surface area contributed by atoms with Crippen LogP contribution in [-0.4, -0.2) is 18.3 Å². The lowest BCUT2D eigenvalue weighted by molar-refractivity contribution is 0.00578. The molecule has 3 nitrogen and oxygen atoms in total. The summed E-state index contributed by atoms with van der Waals surface area (Å²) < 4.78 is 13.1. The first-order valence-electron chi connectivity index (χ1n) is 15.9. The molecule has 2 aliphatic heterocycles. The van der Waals surface area contributed by atoms with E-state index in [4.69, 9.17) is 9.31 Å². The minimum atomic E-state index is -0.498. The average molecular weight is 584 g/mol. The van der Waals surface area contributed by atoms with Crippen molar-refractivity contribution in [2.75, 3.05) is 4.90 Å². The van der Waals surface area contributed by atoms with Gasteiger partial charge in [0.1, 0.15) is 0 Å². The molecule has 4 heteroatoms. The van der Waals surface area contributed by atoms with Crippen LogP contribution in [0.5, 0.6) is 0 Å². The summed E-state index contributed by atoms with van der Waals surface area (Å²) in [6, 6.07) is 49.1. The van der Waals surface area contributed by atoms with E-state index in [2.05, 4.69) is 166 Å². The Hall–Kier alpha value is -4.64. The summed E-state index contributed by atoms with van der Waals surface area (Å²) in [6.07, 6.45) is 0. The molecule has 3 aliphatic rings. The zero-order valence-electron chi connectivity index (χ0n) is 26.0. The second-order valence-electron chi connectivity index (χ2n) is 13.6. The largest absolute Gasteiger partial charge is 0.494 e. The summed E-state index contributed by atoms with van der Waals surface area (Å²) >= 11 is 0. The molecule has 1 spiro atoms. The average Bonchev–Trinajstić information content (AvgIpc) is 3.46. The number of benzene rings is 6. The summed E-state index contributed by atoms with van der Waals surface area (Å²) in [6.45, 7) is 8.46. The highest BCUT2D eigenvalue weighted by atomic mass is 16.7. The summed E-state index contributed by atoms with van der Waals surface area (Å²) in [5.41, 5.74) is 11.0. The second-order valence-corrected chi connectivity index (χ2v) is 13.6. The van der Waals surface area contributed by atoms with Gasteiger partial charge < -0.3 is 14.2 Å². The van der Waals surface area contributed by atoms with Gasteiger partial charge in [-0.2, -0.15) is 0 Å². The normalized spacial score (nSPS) is 18.0. The van der Waals surface area contributed by atoms with E-state index in [9.17, 15) is 0 Å². The number of nitrogens with zero attached hydrogens (tertiary/aromatic N) is 1. The molecule has 0 N–H and O–H groups in total. The molecule has 0 radical (unpaired) electrons. The number of rotatable bonds is 2. The third-order valence-corrected chi connectivity index (χ3v) is 10.7. The maximum Gasteiger partial charge on any atom is 0.494 e. The van der Waals surface area contributed by atoms with Crippen LogP contribution in [0.15, 0.2) is 133 Å². The Balaban J connectivity index is 1.37. The summed E-state index contributed by atoms with van der Waals surface area (Å²) in [5, 5.41) is 2.48. The van der Waals surface area contributed by atoms with Gasteiger partial charge in [-0.05, 0) is 114 Å². The molecule has 9 rings (SSSR count). The molecule has 1 saturated heterocycles. The number of anilines is 3. The summed E-state index contributed by atoms with van der Waals surface area (Å²) in [7, 11) is -0.430. The zero-order chi connectivity index (χ0) is 30.6. The highest BCUT2D eigenvalue weighted by Gasteiger charge is 2.54. The van der Waals surface area contributed by atoms with Gasteiger partial charge in [-0.1, -0.05) is 97.1 Å². The quantitative estimate of drug-likeness (QED) is 0.189. The number of fused-ring (bicyclic) bond motifs is 10. The Bertz CT molecular complexity index is 2090. The molecule has 218 valence electrons. The standard InChI is InChI=1S/C41H34BNO2/c1-39(2)40(3,4)45-42(44-39)29-22-23-33-32(26-29)31-24-27-14-8-9-15-28(27)25-36(31)41(33)34-18-10-12-20-37(34)43(30-16-6-5-7-17-30)38-21-13-11-19-35(38)41/h5-26H,1-4H3. The van der Waals surface area contributed by atoms with E-state index in [1.807, 2.05) is 0 Å². The molecule has 1 fully saturated rings. The maximum atomic E-state index is 6.55. The van der Waals surface area contributed by atoms with Crippen LogP contribution >= 0.6 is 0 Å². The predicted molar refractivity (Wildman–Crippen MR) is 185 cm³/mol. The van der Waals surface area contributed by atoms with Crippen LogP contribution in [0, 0.1) is 0 Å². The van der Waals surface area contributed by atoms with Crippen molar-refractivity contribution in [3.05, 3.63) is 156 Å². The summed E-state index contributed by atoms with van der Waals surface area (Å²) in [5.74, 6) is 0. The van der Waals surface area contributed by atoms with Crippen LogP contribution in [0.2, 0.25) is 0 Å². The molecule has 6 aromatic rings. The Morgan fingerprint density at radius 1 is 0.489 bits per heavy atom. The highest BCUT2D eigenvalue weighted by Crippen LogP contribution is 2.63. The highest BCUT2D eigenvalue weighted by molar-refractivity contribution is 6.62. The fraction of sp³-hybridized carbons (Fsp3) is 0.171. The monoisotopic (exact) mass is 583 g/mol. The Morgan fingerprint density at radius 3 is 1.67 bits per heavy atom. The van der Waals surface area contributed by atoms with Crippen molar-refractivity contribution >= 4 is 40.4 Å². The first-order chi connectivity index (χ1) is 21.8. The molecule has 0 saturated carbocycles. The molecule has 2 heterocycles. The van der Waals surface area contributed by atoms with Gasteiger partial charge in [-0.25, -0.2) is 0 Å². The van der Waals surface area contributed by atoms with Crippen LogP contribution < -0.4 is 10.4 Å². The summed E-state index contributed by atoms with van der Waals surface area (Å²) in [4.78, 5) is 2.42. The molecular weight excluding hydrogens is 549 g/mol. The van der Waals surface area contributed by atoms with E-state index in [1.54, 1.807) is 0 Å². The minimum Gasteiger partial charge on any atom is -0.399 e. The van der Waals surface area contributed by atoms with Gasteiger partial charge >= 0.3 is 7.12 Å². The van der Waals surface area contributed by atoms with Gasteiger partial charge in [-0.3, -0.25) is 0 Å². The van der Waals surface area contributed by atoms with E-state index >= 15 is 0 Å². The number of para-hydroxylation sites is 3. The lowest BCUT2D eigenvalue weighted by Crippen LogP contribution is -2.41. The van der Waals surface area contributed by atoms with Crippen molar-refractivity contribution < 1.29 is 9.31 Å². The van der Waals surface area contributed by atoms with Gasteiger partial charge in [0.25, 0.3) is 0 Å². The maximum absolute atomic E-state index is 6.55. The molecule has 0 bridgehead atoms. The molecular formula is C41H34BNO2. The lowest BCUT2D eigenvalue weighted by Gasteiger charge is -2.45. The number of hydrogen-bond acceptors (Lipinski definition) is 3. The molecule has 1 aliphatic carbocycles. The minimum absolute atomic E-state index is 0.409. The molecule has 0 atom stereocenters. The lowest BCUT2D eigenvalue weighted by atomic mass is 9.64. The Kier molecular flexibility index (Phi) is 5.47. The molecule has 0 amide bonds. The van der Waals surface area contributed by atoms with Gasteiger partial charge in [0.2, 0.25) is 0 Å². The molecule has 0 unspecified atom stereocenters. The van der Waals surface area contributed by atoms with E-state index < -0.39 is 23.7 Å². The van der Waals surface area contributed by atoms with Crippen molar-refractivity contribution in [2.24, 2.45) is 0 Å². The van der Waals surface area contributed by atoms with Crippen LogP contribution in [0.3, 0.4) is 0 Å². The fourth-order valence-electron chi connectivity index (χ4n) is 7.84. The first-order valence-corrected chi connectivity index (χ1v) is 15.9. The van der Waals surface area contributed by atoms with Gasteiger partial charge in [0, 0.05) is 5.69 Å². The van der Waals surface area contributed by atoms with Gasteiger partial charge in [0.05, 0.1) is 28.0 Å². The fourth-order valence-corrected chi connectivity index (χ4v) is 7.84. The van der Waals surface area contributed by atoms with Gasteiger partial charge in [0.15, 0.2) is 0 Å². The van der Waals surface area contributed by atoms with E-state index in [1.165, 1.54) is 55.5 Å². The van der Waals surface area contributed by atoms with Crippen molar-refractivity contribution in [1.82, 2.24) is 0 Å². The molecule has 45 heavy (non-hydrogen) atoms. The van der Waals surface area contributed by atoms with Crippen LogP contribution in [0.1, 0.15) is 49.9 Å². The van der Waals surface area contributed by atoms with Crippen molar-refractivity contribution in [3.8, 4) is 11.1 Å². The molecule has 6 aromatic carbocycles. The van der Waals surface area contributed by atoms with Crippen molar-refractivity contribution in [1.29, 1.82) is 0 Å². The topological polar surface area (TPSA) is 21.7 Å². The third kappa shape index (κ3) is 3.55. The SMILES string of the molecule is CC1(C)OB(c2ccc3c(c2)-c2cc4ccccc4cc2C32c3ccccc3N(c3ccccc3)c3ccccc32)OC1(C)C. The van der Waals surface area contributed by atoms with E-state index in [0.29, 0.717) is 0 Å². The molecule has 0 aromatic heterocycles. The number of hydrogen-bond donors (Lipinski definition) is 0. The van der Waals surface area contributed by atoms with E-state index in [-0.39, 0.29) is 0 Å². The van der Waals surface area contributed by atoms with Gasteiger partial charge in [-0.15, -0.1) is 0 Å². The smallest absolute Gasteiger partial charge is 0.399 e. The van der Waals surface area contributed by atoms with Crippen molar-refractivity contribution in [3.63, 3.8) is 0 Å². The predicted octanol–water partition coefficient (Wildman–Crippen LogP) is 9.29.